The van der Waals surface area contributed by atoms with E-state index >= 15 is 0 Å². The van der Waals surface area contributed by atoms with Crippen molar-refractivity contribution >= 4 is 17.5 Å². The molecule has 0 aliphatic carbocycles. The molecule has 21 heavy (non-hydrogen) atoms. The van der Waals surface area contributed by atoms with Gasteiger partial charge in [-0.1, -0.05) is 0 Å². The van der Waals surface area contributed by atoms with E-state index in [4.69, 9.17) is 9.52 Å². The van der Waals surface area contributed by atoms with E-state index in [1.54, 1.807) is 26.1 Å². The van der Waals surface area contributed by atoms with Crippen molar-refractivity contribution in [3.05, 3.63) is 51.6 Å². The van der Waals surface area contributed by atoms with Gasteiger partial charge in [-0.2, -0.15) is 0 Å². The first-order valence-corrected chi connectivity index (χ1v) is 6.02. The Morgan fingerprint density at radius 3 is 2.76 bits per heavy atom. The monoisotopic (exact) mass is 291 g/mol. The normalized spacial score (nSPS) is 10.4. The van der Waals surface area contributed by atoms with Gasteiger partial charge in [0.15, 0.2) is 0 Å². The first-order chi connectivity index (χ1) is 9.88. The molecule has 0 unspecified atom stereocenters. The third-order valence-corrected chi connectivity index (χ3v) is 2.84. The van der Waals surface area contributed by atoms with E-state index in [1.165, 1.54) is 4.90 Å². The zero-order valence-corrected chi connectivity index (χ0v) is 11.4. The molecule has 2 aromatic rings. The van der Waals surface area contributed by atoms with Crippen LogP contribution >= 0.6 is 0 Å². The minimum Gasteiger partial charge on any atom is -0.478 e. The number of carbonyl (C=O) groups is 1. The lowest BCUT2D eigenvalue weighted by Gasteiger charge is -2.16. The van der Waals surface area contributed by atoms with Gasteiger partial charge in [-0.3, -0.25) is 10.1 Å². The van der Waals surface area contributed by atoms with E-state index in [9.17, 15) is 14.9 Å². The fraction of sp³-hybridized carbons (Fsp3) is 0.231. The highest BCUT2D eigenvalue weighted by Gasteiger charge is 2.22. The molecule has 0 spiro atoms. The number of pyridine rings is 1. The van der Waals surface area contributed by atoms with Crippen molar-refractivity contribution in [1.29, 1.82) is 0 Å². The zero-order chi connectivity index (χ0) is 15.6. The number of nitrogens with zero attached hydrogens (tertiary/aromatic N) is 3. The SMILES string of the molecule is Cc1ccc(CN(C)c2ncc(C(=O)O)cc2[N+](=O)[O-])o1. The average Bonchev–Trinajstić information content (AvgIpc) is 2.83. The van der Waals surface area contributed by atoms with Crippen molar-refractivity contribution in [2.45, 2.75) is 13.5 Å². The largest absolute Gasteiger partial charge is 0.478 e. The number of hydrogen-bond donors (Lipinski definition) is 1. The summed E-state index contributed by atoms with van der Waals surface area (Å²) >= 11 is 0. The van der Waals surface area contributed by atoms with Crippen LogP contribution in [0.5, 0.6) is 0 Å². The minimum absolute atomic E-state index is 0.0825. The second-order valence-electron chi connectivity index (χ2n) is 4.50. The van der Waals surface area contributed by atoms with Crippen molar-refractivity contribution in [2.75, 3.05) is 11.9 Å². The van der Waals surface area contributed by atoms with E-state index in [0.717, 1.165) is 18.0 Å². The Morgan fingerprint density at radius 2 is 2.24 bits per heavy atom. The molecule has 0 atom stereocenters. The summed E-state index contributed by atoms with van der Waals surface area (Å²) in [5, 5.41) is 19.9. The summed E-state index contributed by atoms with van der Waals surface area (Å²) in [6.07, 6.45) is 1.09. The Labute approximate surface area is 119 Å². The molecule has 0 amide bonds. The van der Waals surface area contributed by atoms with Crippen LogP contribution in [0.3, 0.4) is 0 Å². The summed E-state index contributed by atoms with van der Waals surface area (Å²) in [5.74, 6) is 0.191. The molecule has 2 aromatic heterocycles. The third kappa shape index (κ3) is 3.16. The molecule has 2 heterocycles. The minimum atomic E-state index is -1.26. The van der Waals surface area contributed by atoms with Crippen LogP contribution in [-0.2, 0) is 6.54 Å². The fourth-order valence-electron chi connectivity index (χ4n) is 1.87. The molecule has 0 radical (unpaired) electrons. The number of anilines is 1. The van der Waals surface area contributed by atoms with Gasteiger partial charge in [-0.15, -0.1) is 0 Å². The molecule has 0 bridgehead atoms. The van der Waals surface area contributed by atoms with Gasteiger partial charge in [0.1, 0.15) is 11.5 Å². The van der Waals surface area contributed by atoms with Crippen molar-refractivity contribution in [3.63, 3.8) is 0 Å². The quantitative estimate of drug-likeness (QED) is 0.664. The molecule has 0 aromatic carbocycles. The molecule has 0 aliphatic heterocycles. The number of aromatic carboxylic acids is 1. The maximum atomic E-state index is 11.1. The van der Waals surface area contributed by atoms with Crippen LogP contribution in [0.1, 0.15) is 21.9 Å². The van der Waals surface area contributed by atoms with Gasteiger partial charge >= 0.3 is 11.7 Å². The van der Waals surface area contributed by atoms with Crippen LogP contribution in [-0.4, -0.2) is 28.0 Å². The van der Waals surface area contributed by atoms with Crippen LogP contribution < -0.4 is 4.90 Å². The molecule has 110 valence electrons. The van der Waals surface area contributed by atoms with Crippen LogP contribution in [0.15, 0.2) is 28.8 Å². The van der Waals surface area contributed by atoms with Gasteiger partial charge < -0.3 is 14.4 Å². The van der Waals surface area contributed by atoms with Crippen LogP contribution in [0.4, 0.5) is 11.5 Å². The smallest absolute Gasteiger partial charge is 0.337 e. The second kappa shape index (κ2) is 5.61. The topological polar surface area (TPSA) is 110 Å². The Morgan fingerprint density at radius 1 is 1.52 bits per heavy atom. The molecule has 1 N–H and O–H groups in total. The molecule has 0 aliphatic rings. The highest BCUT2D eigenvalue weighted by molar-refractivity contribution is 5.88. The van der Waals surface area contributed by atoms with Gasteiger partial charge in [0.05, 0.1) is 17.0 Å². The van der Waals surface area contributed by atoms with E-state index in [-0.39, 0.29) is 23.6 Å². The van der Waals surface area contributed by atoms with Crippen LogP contribution in [0.25, 0.3) is 0 Å². The Hall–Kier alpha value is -2.90. The molecule has 8 nitrogen and oxygen atoms in total. The highest BCUT2D eigenvalue weighted by atomic mass is 16.6. The maximum Gasteiger partial charge on any atom is 0.337 e. The maximum absolute atomic E-state index is 11.1. The number of aromatic nitrogens is 1. The van der Waals surface area contributed by atoms with E-state index < -0.39 is 10.9 Å². The molecule has 0 fully saturated rings. The lowest BCUT2D eigenvalue weighted by atomic mass is 10.2. The summed E-state index contributed by atoms with van der Waals surface area (Å²) < 4.78 is 5.40. The summed E-state index contributed by atoms with van der Waals surface area (Å²) in [4.78, 5) is 26.7. The van der Waals surface area contributed by atoms with Crippen LogP contribution in [0.2, 0.25) is 0 Å². The van der Waals surface area contributed by atoms with Crippen LogP contribution in [0, 0.1) is 17.0 Å². The van der Waals surface area contributed by atoms with E-state index in [0.29, 0.717) is 5.76 Å². The van der Waals surface area contributed by atoms with Gasteiger partial charge in [-0.05, 0) is 19.1 Å². The zero-order valence-electron chi connectivity index (χ0n) is 11.4. The summed E-state index contributed by atoms with van der Waals surface area (Å²) in [7, 11) is 1.62. The van der Waals surface area contributed by atoms with Crippen molar-refractivity contribution in [3.8, 4) is 0 Å². The molecule has 0 saturated carbocycles. The second-order valence-corrected chi connectivity index (χ2v) is 4.50. The third-order valence-electron chi connectivity index (χ3n) is 2.84. The summed E-state index contributed by atoms with van der Waals surface area (Å²) in [5.41, 5.74) is -0.589. The lowest BCUT2D eigenvalue weighted by Crippen LogP contribution is -2.19. The number of hydrogen-bond acceptors (Lipinski definition) is 6. The average molecular weight is 291 g/mol. The number of nitro groups is 1. The molecule has 8 heteroatoms. The molecule has 2 rings (SSSR count). The van der Waals surface area contributed by atoms with Gasteiger partial charge in [0.2, 0.25) is 5.82 Å². The molecule has 0 saturated heterocycles. The Kier molecular flexibility index (Phi) is 3.88. The van der Waals surface area contributed by atoms with Gasteiger partial charge in [0, 0.05) is 19.3 Å². The first-order valence-electron chi connectivity index (χ1n) is 6.02. The summed E-state index contributed by atoms with van der Waals surface area (Å²) in [6.45, 7) is 2.08. The number of carboxylic acid groups (broad SMARTS) is 1. The molecular formula is C13H13N3O5. The first kappa shape index (κ1) is 14.5. The number of aryl methyl sites for hydroxylation is 1. The van der Waals surface area contributed by atoms with Crippen molar-refractivity contribution in [1.82, 2.24) is 4.98 Å². The Bertz CT molecular complexity index is 695. The van der Waals surface area contributed by atoms with Gasteiger partial charge in [-0.25, -0.2) is 9.78 Å². The standard InChI is InChI=1S/C13H13N3O5/c1-8-3-4-10(21-8)7-15(2)12-11(16(19)20)5-9(6-14-12)13(17)18/h3-6H,7H2,1-2H3,(H,17,18). The number of carboxylic acids is 1. The van der Waals surface area contributed by atoms with Gasteiger partial charge in [0.25, 0.3) is 0 Å². The molecular weight excluding hydrogens is 278 g/mol. The van der Waals surface area contributed by atoms with E-state index in [2.05, 4.69) is 4.98 Å². The van der Waals surface area contributed by atoms with Crippen molar-refractivity contribution < 1.29 is 19.2 Å². The van der Waals surface area contributed by atoms with E-state index in [1.807, 2.05) is 0 Å². The Balaban J connectivity index is 2.33. The summed E-state index contributed by atoms with van der Waals surface area (Å²) in [6, 6.07) is 4.55. The predicted molar refractivity (Wildman–Crippen MR) is 73.4 cm³/mol. The number of furan rings is 1. The fourth-order valence-corrected chi connectivity index (χ4v) is 1.87. The highest BCUT2D eigenvalue weighted by Crippen LogP contribution is 2.27. The number of rotatable bonds is 5. The van der Waals surface area contributed by atoms with Crippen molar-refractivity contribution in [2.24, 2.45) is 0 Å². The predicted octanol–water partition coefficient (Wildman–Crippen LogP) is 2.23. The lowest BCUT2D eigenvalue weighted by molar-refractivity contribution is -0.384.